The number of benzene rings is 1. The molecule has 43 heavy (non-hydrogen) atoms. The molecule has 9 nitrogen and oxygen atoms in total. The summed E-state index contributed by atoms with van der Waals surface area (Å²) in [7, 11) is 1.74. The first kappa shape index (κ1) is 31.8. The Morgan fingerprint density at radius 1 is 1.07 bits per heavy atom. The van der Waals surface area contributed by atoms with Gasteiger partial charge in [0.05, 0.1) is 18.7 Å². The molecule has 0 spiro atoms. The SMILES string of the molecule is Cc1ccc(C(C)(C)C)cc1C(CC(=O)OOC(=O)C(F)(F)F)Cc1cc(OCCc2ccc3c(n2)NCCC3)n(C)n1. The number of fused-ring (bicyclic) bond motifs is 1. The van der Waals surface area contributed by atoms with Gasteiger partial charge in [0.25, 0.3) is 0 Å². The lowest BCUT2D eigenvalue weighted by Crippen LogP contribution is -2.27. The Morgan fingerprint density at radius 2 is 1.84 bits per heavy atom. The molecule has 0 radical (unpaired) electrons. The van der Waals surface area contributed by atoms with Crippen molar-refractivity contribution in [2.45, 2.75) is 77.3 Å². The topological polar surface area (TPSA) is 105 Å². The summed E-state index contributed by atoms with van der Waals surface area (Å²) in [5.41, 5.74) is 5.27. The van der Waals surface area contributed by atoms with Crippen molar-refractivity contribution in [1.29, 1.82) is 0 Å². The van der Waals surface area contributed by atoms with Gasteiger partial charge >= 0.3 is 18.1 Å². The van der Waals surface area contributed by atoms with Crippen LogP contribution in [0, 0.1) is 6.92 Å². The highest BCUT2D eigenvalue weighted by atomic mass is 19.4. The van der Waals surface area contributed by atoms with Crippen molar-refractivity contribution in [3.63, 3.8) is 0 Å². The largest absolute Gasteiger partial charge is 0.495 e. The third kappa shape index (κ3) is 8.48. The van der Waals surface area contributed by atoms with Crippen molar-refractivity contribution in [3.05, 3.63) is 70.0 Å². The van der Waals surface area contributed by atoms with Crippen LogP contribution in [0.5, 0.6) is 5.88 Å². The van der Waals surface area contributed by atoms with Gasteiger partial charge in [-0.3, -0.25) is 0 Å². The monoisotopic (exact) mass is 602 g/mol. The fourth-order valence-electron chi connectivity index (χ4n) is 4.97. The second-order valence-electron chi connectivity index (χ2n) is 11.8. The van der Waals surface area contributed by atoms with Gasteiger partial charge in [-0.1, -0.05) is 45.0 Å². The number of carbonyl (C=O) groups is 2. The first-order valence-corrected chi connectivity index (χ1v) is 14.2. The molecule has 0 aliphatic carbocycles. The summed E-state index contributed by atoms with van der Waals surface area (Å²) in [5.74, 6) is -2.80. The number of halogens is 3. The summed E-state index contributed by atoms with van der Waals surface area (Å²) in [4.78, 5) is 36.3. The number of nitrogens with zero attached hydrogens (tertiary/aromatic N) is 3. The molecule has 0 saturated heterocycles. The van der Waals surface area contributed by atoms with Crippen molar-refractivity contribution in [2.24, 2.45) is 7.05 Å². The number of hydrogen-bond donors (Lipinski definition) is 1. The number of rotatable bonds is 9. The number of alkyl halides is 3. The van der Waals surface area contributed by atoms with Crippen molar-refractivity contribution in [1.82, 2.24) is 14.8 Å². The summed E-state index contributed by atoms with van der Waals surface area (Å²) in [6, 6.07) is 11.8. The zero-order valence-corrected chi connectivity index (χ0v) is 25.0. The lowest BCUT2D eigenvalue weighted by Gasteiger charge is -2.24. The maximum absolute atomic E-state index is 12.6. The summed E-state index contributed by atoms with van der Waals surface area (Å²) in [5, 5.41) is 7.88. The van der Waals surface area contributed by atoms with Gasteiger partial charge in [0.15, 0.2) is 0 Å². The summed E-state index contributed by atoms with van der Waals surface area (Å²) < 4.78 is 45.2. The molecule has 1 unspecified atom stereocenters. The van der Waals surface area contributed by atoms with E-state index in [0.29, 0.717) is 24.6 Å². The minimum absolute atomic E-state index is 0.190. The van der Waals surface area contributed by atoms with Crippen LogP contribution in [0.1, 0.15) is 73.2 Å². The summed E-state index contributed by atoms with van der Waals surface area (Å²) in [6.45, 7) is 9.34. The highest BCUT2D eigenvalue weighted by Crippen LogP contribution is 2.33. The Bertz CT molecular complexity index is 1460. The van der Waals surface area contributed by atoms with Gasteiger partial charge in [0, 0.05) is 37.7 Å². The van der Waals surface area contributed by atoms with Gasteiger partial charge in [0.1, 0.15) is 5.82 Å². The maximum atomic E-state index is 12.6. The van der Waals surface area contributed by atoms with Crippen LogP contribution in [-0.2, 0) is 51.1 Å². The Kier molecular flexibility index (Phi) is 9.66. The highest BCUT2D eigenvalue weighted by molar-refractivity contribution is 5.77. The smallest absolute Gasteiger partial charge is 0.477 e. The fourth-order valence-corrected chi connectivity index (χ4v) is 4.97. The highest BCUT2D eigenvalue weighted by Gasteiger charge is 2.43. The molecule has 0 amide bonds. The van der Waals surface area contributed by atoms with E-state index in [1.807, 2.05) is 31.2 Å². The van der Waals surface area contributed by atoms with Gasteiger partial charge in [-0.15, -0.1) is 0 Å². The predicted octanol–water partition coefficient (Wildman–Crippen LogP) is 5.68. The predicted molar refractivity (Wildman–Crippen MR) is 153 cm³/mol. The standard InChI is InChI=1S/C31H37F3N4O5/c1-19-8-10-22(30(2,3)4)17-25(19)21(16-27(39)42-43-29(40)31(32,33)34)15-24-18-26(38(5)37-24)41-14-12-23-11-9-20-7-6-13-35-28(20)36-23/h8-11,17-18,21H,6-7,12-16H2,1-5H3,(H,35,36). The number of pyridine rings is 1. The molecule has 1 aliphatic rings. The van der Waals surface area contributed by atoms with Crippen molar-refractivity contribution < 1.29 is 37.3 Å². The molecule has 1 atom stereocenters. The molecule has 1 aromatic carbocycles. The maximum Gasteiger partial charge on any atom is 0.495 e. The molecular formula is C31H37F3N4O5. The third-order valence-corrected chi connectivity index (χ3v) is 7.34. The molecular weight excluding hydrogens is 565 g/mol. The van der Waals surface area contributed by atoms with Crippen LogP contribution >= 0.6 is 0 Å². The fraction of sp³-hybridized carbons (Fsp3) is 0.484. The molecule has 3 aromatic rings. The molecule has 2 aromatic heterocycles. The van der Waals surface area contributed by atoms with Crippen LogP contribution in [0.25, 0.3) is 0 Å². The number of anilines is 1. The zero-order chi connectivity index (χ0) is 31.4. The van der Waals surface area contributed by atoms with Crippen LogP contribution in [0.2, 0.25) is 0 Å². The third-order valence-electron chi connectivity index (χ3n) is 7.34. The molecule has 3 heterocycles. The number of aryl methyl sites for hydroxylation is 3. The number of ether oxygens (including phenoxy) is 1. The Hall–Kier alpha value is -4.09. The Balaban J connectivity index is 1.48. The average molecular weight is 603 g/mol. The van der Waals surface area contributed by atoms with E-state index in [4.69, 9.17) is 9.72 Å². The molecule has 12 heteroatoms. The van der Waals surface area contributed by atoms with Crippen LogP contribution in [0.3, 0.4) is 0 Å². The normalized spacial score (nSPS) is 14.0. The molecule has 0 bridgehead atoms. The number of hydrogen-bond acceptors (Lipinski definition) is 8. The minimum Gasteiger partial charge on any atom is -0.477 e. The number of aromatic nitrogens is 3. The van der Waals surface area contributed by atoms with Gasteiger partial charge in [-0.05, 0) is 59.9 Å². The lowest BCUT2D eigenvalue weighted by atomic mass is 9.81. The lowest BCUT2D eigenvalue weighted by molar-refractivity contribution is -0.286. The van der Waals surface area contributed by atoms with Crippen LogP contribution < -0.4 is 10.1 Å². The number of nitrogens with one attached hydrogen (secondary N) is 1. The van der Waals surface area contributed by atoms with Crippen molar-refractivity contribution in [3.8, 4) is 5.88 Å². The van der Waals surface area contributed by atoms with Gasteiger partial charge in [-0.25, -0.2) is 29.0 Å². The molecule has 232 valence electrons. The van der Waals surface area contributed by atoms with Crippen LogP contribution in [0.4, 0.5) is 19.0 Å². The molecule has 0 fully saturated rings. The van der Waals surface area contributed by atoms with E-state index < -0.39 is 24.0 Å². The summed E-state index contributed by atoms with van der Waals surface area (Å²) in [6.07, 6.45) is -2.67. The molecule has 0 saturated carbocycles. The van der Waals surface area contributed by atoms with E-state index in [1.165, 1.54) is 5.56 Å². The van der Waals surface area contributed by atoms with Crippen molar-refractivity contribution >= 4 is 17.8 Å². The second kappa shape index (κ2) is 13.0. The summed E-state index contributed by atoms with van der Waals surface area (Å²) >= 11 is 0. The Morgan fingerprint density at radius 3 is 2.56 bits per heavy atom. The van der Waals surface area contributed by atoms with Crippen LogP contribution in [0.15, 0.2) is 36.4 Å². The molecule has 1 aliphatic heterocycles. The quantitative estimate of drug-likeness (QED) is 0.247. The minimum atomic E-state index is -5.28. The molecule has 1 N–H and O–H groups in total. The second-order valence-corrected chi connectivity index (χ2v) is 11.8. The van der Waals surface area contributed by atoms with E-state index >= 15 is 0 Å². The first-order chi connectivity index (χ1) is 20.2. The Labute approximate surface area is 248 Å². The van der Waals surface area contributed by atoms with E-state index in [2.05, 4.69) is 47.0 Å². The average Bonchev–Trinajstić information content (AvgIpc) is 3.28. The van der Waals surface area contributed by atoms with Crippen LogP contribution in [-0.4, -0.2) is 46.0 Å². The zero-order valence-electron chi connectivity index (χ0n) is 25.0. The van der Waals surface area contributed by atoms with Crippen molar-refractivity contribution in [2.75, 3.05) is 18.5 Å². The first-order valence-electron chi connectivity index (χ1n) is 14.2. The van der Waals surface area contributed by atoms with E-state index in [0.717, 1.165) is 47.6 Å². The van der Waals surface area contributed by atoms with Gasteiger partial charge in [0.2, 0.25) is 5.88 Å². The van der Waals surface area contributed by atoms with Gasteiger partial charge < -0.3 is 10.1 Å². The molecule has 4 rings (SSSR count). The van der Waals surface area contributed by atoms with Gasteiger partial charge in [-0.2, -0.15) is 18.3 Å². The number of carbonyl (C=O) groups excluding carboxylic acids is 2. The van der Waals surface area contributed by atoms with E-state index in [-0.39, 0.29) is 18.3 Å². The van der Waals surface area contributed by atoms with E-state index in [1.54, 1.807) is 17.8 Å². The van der Waals surface area contributed by atoms with E-state index in [9.17, 15) is 22.8 Å².